The van der Waals surface area contributed by atoms with Crippen LogP contribution in [-0.4, -0.2) is 25.2 Å². The molecule has 90 valence electrons. The molecule has 1 aromatic rings. The second-order valence-electron chi connectivity index (χ2n) is 3.74. The summed E-state index contributed by atoms with van der Waals surface area (Å²) in [6, 6.07) is 3.51. The molecule has 2 atom stereocenters. The van der Waals surface area contributed by atoms with Crippen molar-refractivity contribution in [3.63, 3.8) is 0 Å². The van der Waals surface area contributed by atoms with E-state index in [-0.39, 0.29) is 17.9 Å². The lowest BCUT2D eigenvalue weighted by molar-refractivity contribution is 0.0872. The molecule has 0 aliphatic rings. The number of carbonyl (C=O) groups excluding carboxylic acids is 1. The molecule has 0 radical (unpaired) electrons. The Labute approximate surface area is 94.9 Å². The normalized spacial score (nSPS) is 14.7. The maximum atomic E-state index is 10.8. The third-order valence-corrected chi connectivity index (χ3v) is 2.58. The molecule has 0 bridgehead atoms. The minimum atomic E-state index is -0.551. The van der Waals surface area contributed by atoms with Crippen molar-refractivity contribution in [2.24, 2.45) is 5.73 Å². The summed E-state index contributed by atoms with van der Waals surface area (Å²) >= 11 is 0. The minimum Gasteiger partial charge on any atom is -0.455 e. The van der Waals surface area contributed by atoms with Gasteiger partial charge in [-0.05, 0) is 26.0 Å². The van der Waals surface area contributed by atoms with Gasteiger partial charge in [0.2, 0.25) is 0 Å². The summed E-state index contributed by atoms with van der Waals surface area (Å²) in [6.45, 7) is 4.54. The molecule has 1 rings (SSSR count). The first-order valence-corrected chi connectivity index (χ1v) is 5.19. The number of amides is 1. The Morgan fingerprint density at radius 1 is 1.56 bits per heavy atom. The molecule has 0 aliphatic carbocycles. The van der Waals surface area contributed by atoms with Gasteiger partial charge in [0.25, 0.3) is 5.91 Å². The molecule has 5 heteroatoms. The largest absolute Gasteiger partial charge is 0.455 e. The quantitative estimate of drug-likeness (QED) is 0.755. The van der Waals surface area contributed by atoms with Crippen molar-refractivity contribution in [3.8, 4) is 0 Å². The molecule has 1 aromatic heterocycles. The van der Waals surface area contributed by atoms with Crippen LogP contribution in [0.1, 0.15) is 30.2 Å². The number of nitrogens with two attached hydrogens (primary N) is 1. The number of carbonyl (C=O) groups is 1. The molecule has 5 nitrogen and oxygen atoms in total. The molecule has 3 N–H and O–H groups in total. The number of ether oxygens (including phenoxy) is 1. The first kappa shape index (κ1) is 12.7. The highest BCUT2D eigenvalue weighted by molar-refractivity contribution is 5.89. The monoisotopic (exact) mass is 226 g/mol. The molecule has 0 spiro atoms. The number of methoxy groups -OCH3 is 1. The van der Waals surface area contributed by atoms with Crippen LogP contribution in [-0.2, 0) is 11.3 Å². The minimum absolute atomic E-state index is 0.116. The Morgan fingerprint density at radius 2 is 2.25 bits per heavy atom. The summed E-state index contributed by atoms with van der Waals surface area (Å²) in [7, 11) is 1.67. The van der Waals surface area contributed by atoms with Crippen molar-refractivity contribution in [1.29, 1.82) is 0 Å². The first-order valence-electron chi connectivity index (χ1n) is 5.19. The van der Waals surface area contributed by atoms with Crippen LogP contribution < -0.4 is 11.1 Å². The van der Waals surface area contributed by atoms with Gasteiger partial charge in [0.1, 0.15) is 5.76 Å². The number of hydrogen-bond donors (Lipinski definition) is 2. The SMILES string of the molecule is COC(C)C(C)NCc1ccc(C(N)=O)o1. The lowest BCUT2D eigenvalue weighted by Crippen LogP contribution is -2.36. The van der Waals surface area contributed by atoms with E-state index in [0.29, 0.717) is 12.3 Å². The zero-order chi connectivity index (χ0) is 12.1. The third kappa shape index (κ3) is 3.36. The maximum absolute atomic E-state index is 10.8. The number of hydrogen-bond acceptors (Lipinski definition) is 4. The molecule has 1 amide bonds. The van der Waals surface area contributed by atoms with Crippen molar-refractivity contribution in [2.75, 3.05) is 7.11 Å². The van der Waals surface area contributed by atoms with E-state index >= 15 is 0 Å². The van der Waals surface area contributed by atoms with Crippen LogP contribution in [0.15, 0.2) is 16.5 Å². The second kappa shape index (κ2) is 5.67. The van der Waals surface area contributed by atoms with Gasteiger partial charge in [0, 0.05) is 13.2 Å². The Balaban J connectivity index is 2.45. The number of primary amides is 1. The highest BCUT2D eigenvalue weighted by atomic mass is 16.5. The van der Waals surface area contributed by atoms with Gasteiger partial charge in [0.05, 0.1) is 12.6 Å². The number of nitrogens with one attached hydrogen (secondary N) is 1. The second-order valence-corrected chi connectivity index (χ2v) is 3.74. The molecule has 0 saturated heterocycles. The van der Waals surface area contributed by atoms with Gasteiger partial charge in [0.15, 0.2) is 5.76 Å². The predicted octanol–water partition coefficient (Wildman–Crippen LogP) is 0.892. The van der Waals surface area contributed by atoms with E-state index in [1.54, 1.807) is 19.2 Å². The van der Waals surface area contributed by atoms with Crippen molar-refractivity contribution in [1.82, 2.24) is 5.32 Å². The summed E-state index contributed by atoms with van der Waals surface area (Å²) in [5.41, 5.74) is 5.08. The number of rotatable bonds is 6. The van der Waals surface area contributed by atoms with E-state index in [1.165, 1.54) is 0 Å². The Morgan fingerprint density at radius 3 is 2.75 bits per heavy atom. The molecule has 16 heavy (non-hydrogen) atoms. The van der Waals surface area contributed by atoms with E-state index in [9.17, 15) is 4.79 Å². The lowest BCUT2D eigenvalue weighted by atomic mass is 10.2. The van der Waals surface area contributed by atoms with Crippen molar-refractivity contribution >= 4 is 5.91 Å². The predicted molar refractivity (Wildman–Crippen MR) is 60.0 cm³/mol. The van der Waals surface area contributed by atoms with Crippen LogP contribution in [0.5, 0.6) is 0 Å². The van der Waals surface area contributed by atoms with Gasteiger partial charge in [-0.3, -0.25) is 4.79 Å². The topological polar surface area (TPSA) is 77.5 Å². The van der Waals surface area contributed by atoms with Crippen molar-refractivity contribution < 1.29 is 13.9 Å². The lowest BCUT2D eigenvalue weighted by Gasteiger charge is -2.19. The molecule has 0 fully saturated rings. The molecule has 2 unspecified atom stereocenters. The summed E-state index contributed by atoms with van der Waals surface area (Å²) in [4.78, 5) is 10.8. The van der Waals surface area contributed by atoms with E-state index in [4.69, 9.17) is 14.9 Å². The van der Waals surface area contributed by atoms with Crippen molar-refractivity contribution in [3.05, 3.63) is 23.7 Å². The average molecular weight is 226 g/mol. The number of furan rings is 1. The summed E-state index contributed by atoms with van der Waals surface area (Å²) < 4.78 is 10.4. The van der Waals surface area contributed by atoms with Gasteiger partial charge in [-0.1, -0.05) is 0 Å². The van der Waals surface area contributed by atoms with Crippen molar-refractivity contribution in [2.45, 2.75) is 32.5 Å². The highest BCUT2D eigenvalue weighted by Crippen LogP contribution is 2.07. The molecule has 0 aliphatic heterocycles. The van der Waals surface area contributed by atoms with Gasteiger partial charge in [-0.15, -0.1) is 0 Å². The summed E-state index contributed by atoms with van der Waals surface area (Å²) in [6.07, 6.45) is 0.116. The van der Waals surface area contributed by atoms with Gasteiger partial charge in [-0.25, -0.2) is 0 Å². The zero-order valence-electron chi connectivity index (χ0n) is 9.82. The highest BCUT2D eigenvalue weighted by Gasteiger charge is 2.12. The van der Waals surface area contributed by atoms with Crippen LogP contribution in [0.25, 0.3) is 0 Å². The molecule has 1 heterocycles. The fourth-order valence-electron chi connectivity index (χ4n) is 1.24. The Bertz CT molecular complexity index is 349. The van der Waals surface area contributed by atoms with E-state index in [2.05, 4.69) is 5.32 Å². The summed E-state index contributed by atoms with van der Waals surface area (Å²) in [5, 5.41) is 3.23. The fraction of sp³-hybridized carbons (Fsp3) is 0.545. The molecular weight excluding hydrogens is 208 g/mol. The smallest absolute Gasteiger partial charge is 0.284 e. The van der Waals surface area contributed by atoms with Gasteiger partial charge < -0.3 is 20.2 Å². The average Bonchev–Trinajstić information content (AvgIpc) is 2.73. The third-order valence-electron chi connectivity index (χ3n) is 2.58. The molecular formula is C11H18N2O3. The van der Waals surface area contributed by atoms with Crippen LogP contribution in [0.2, 0.25) is 0 Å². The molecule has 0 aromatic carbocycles. The van der Waals surface area contributed by atoms with Crippen LogP contribution in [0.3, 0.4) is 0 Å². The first-order chi connectivity index (χ1) is 7.54. The maximum Gasteiger partial charge on any atom is 0.284 e. The van der Waals surface area contributed by atoms with Crippen LogP contribution >= 0.6 is 0 Å². The molecule has 0 saturated carbocycles. The van der Waals surface area contributed by atoms with Crippen LogP contribution in [0.4, 0.5) is 0 Å². The standard InChI is InChI=1S/C11H18N2O3/c1-7(8(2)15-3)13-6-9-4-5-10(16-9)11(12)14/h4-5,7-8,13H,6H2,1-3H3,(H2,12,14). The fourth-order valence-corrected chi connectivity index (χ4v) is 1.24. The van der Waals surface area contributed by atoms with E-state index in [1.807, 2.05) is 13.8 Å². The van der Waals surface area contributed by atoms with E-state index < -0.39 is 5.91 Å². The van der Waals surface area contributed by atoms with Crippen LogP contribution in [0, 0.1) is 0 Å². The Hall–Kier alpha value is -1.33. The van der Waals surface area contributed by atoms with Gasteiger partial charge >= 0.3 is 0 Å². The summed E-state index contributed by atoms with van der Waals surface area (Å²) in [5.74, 6) is 0.317. The van der Waals surface area contributed by atoms with E-state index in [0.717, 1.165) is 0 Å². The Kier molecular flexibility index (Phi) is 4.52. The zero-order valence-corrected chi connectivity index (χ0v) is 9.82. The van der Waals surface area contributed by atoms with Gasteiger partial charge in [-0.2, -0.15) is 0 Å².